The first-order valence-electron chi connectivity index (χ1n) is 6.44. The lowest BCUT2D eigenvalue weighted by atomic mass is 10.2. The second kappa shape index (κ2) is 7.38. The Labute approximate surface area is 136 Å². The lowest BCUT2D eigenvalue weighted by Crippen LogP contribution is -2.26. The first-order valence-corrected chi connectivity index (χ1v) is 8.05. The fraction of sp³-hybridized carbons (Fsp3) is 0.200. The number of carbonyl (C=O) groups excluding carboxylic acids is 1. The van der Waals surface area contributed by atoms with Gasteiger partial charge >= 0.3 is 0 Å². The van der Waals surface area contributed by atoms with E-state index in [4.69, 9.17) is 0 Å². The van der Waals surface area contributed by atoms with Gasteiger partial charge in [-0.1, -0.05) is 17.7 Å². The van der Waals surface area contributed by atoms with Gasteiger partial charge in [-0.25, -0.2) is 5.43 Å². The van der Waals surface area contributed by atoms with Gasteiger partial charge in [-0.15, -0.1) is 11.3 Å². The van der Waals surface area contributed by atoms with Gasteiger partial charge in [-0.3, -0.25) is 4.79 Å². The molecule has 0 spiro atoms. The molecule has 2 aromatic rings. The molecule has 110 valence electrons. The van der Waals surface area contributed by atoms with Crippen molar-refractivity contribution in [3.05, 3.63) is 50.6 Å². The number of aryl methyl sites for hydroxylation is 1. The molecule has 0 saturated carbocycles. The predicted octanol–water partition coefficient (Wildman–Crippen LogP) is 3.77. The van der Waals surface area contributed by atoms with E-state index < -0.39 is 0 Å². The highest BCUT2D eigenvalue weighted by molar-refractivity contribution is 9.11. The lowest BCUT2D eigenvalue weighted by Gasteiger charge is -2.06. The lowest BCUT2D eigenvalue weighted by molar-refractivity contribution is -0.119. The third-order valence-electron chi connectivity index (χ3n) is 2.78. The Morgan fingerprint density at radius 3 is 2.57 bits per heavy atom. The van der Waals surface area contributed by atoms with Crippen molar-refractivity contribution in [3.8, 4) is 0 Å². The number of thiophene rings is 1. The second-order valence-corrected chi connectivity index (χ2v) is 7.02. The number of carbonyl (C=O) groups is 1. The van der Waals surface area contributed by atoms with Crippen LogP contribution in [0.3, 0.4) is 0 Å². The van der Waals surface area contributed by atoms with Gasteiger partial charge in [-0.2, -0.15) is 5.10 Å². The maximum Gasteiger partial charge on any atom is 0.259 e. The maximum atomic E-state index is 11.7. The Morgan fingerprint density at radius 2 is 1.95 bits per heavy atom. The topological polar surface area (TPSA) is 53.5 Å². The van der Waals surface area contributed by atoms with Crippen molar-refractivity contribution in [1.82, 2.24) is 5.43 Å². The van der Waals surface area contributed by atoms with Gasteiger partial charge in [0.05, 0.1) is 20.9 Å². The zero-order chi connectivity index (χ0) is 15.2. The molecule has 2 N–H and O–H groups in total. The summed E-state index contributed by atoms with van der Waals surface area (Å²) in [4.78, 5) is 12.8. The molecule has 0 atom stereocenters. The van der Waals surface area contributed by atoms with Gasteiger partial charge < -0.3 is 5.32 Å². The van der Waals surface area contributed by atoms with E-state index in [9.17, 15) is 4.79 Å². The second-order valence-electron chi connectivity index (χ2n) is 4.56. The molecule has 1 aromatic carbocycles. The molecule has 1 amide bonds. The molecule has 1 heterocycles. The van der Waals surface area contributed by atoms with Crippen molar-refractivity contribution in [1.29, 1.82) is 0 Å². The van der Waals surface area contributed by atoms with Crippen LogP contribution in [0.25, 0.3) is 0 Å². The van der Waals surface area contributed by atoms with Crippen LogP contribution in [0.5, 0.6) is 0 Å². The first-order chi connectivity index (χ1) is 10.0. The Kier molecular flexibility index (Phi) is 5.52. The minimum Gasteiger partial charge on any atom is -0.376 e. The minimum absolute atomic E-state index is 0.175. The molecule has 1 aromatic heterocycles. The van der Waals surface area contributed by atoms with E-state index in [1.54, 1.807) is 11.3 Å². The summed E-state index contributed by atoms with van der Waals surface area (Å²) < 4.78 is 1.04. The van der Waals surface area contributed by atoms with Crippen LogP contribution in [0.4, 0.5) is 5.69 Å². The van der Waals surface area contributed by atoms with Gasteiger partial charge in [-0.05, 0) is 54.0 Å². The number of hydrazone groups is 1. The van der Waals surface area contributed by atoms with E-state index in [0.717, 1.165) is 20.1 Å². The third-order valence-corrected chi connectivity index (χ3v) is 4.52. The van der Waals surface area contributed by atoms with Crippen molar-refractivity contribution in [2.45, 2.75) is 13.8 Å². The molecule has 0 radical (unpaired) electrons. The van der Waals surface area contributed by atoms with E-state index in [1.807, 2.05) is 50.2 Å². The van der Waals surface area contributed by atoms with Gasteiger partial charge in [0, 0.05) is 5.69 Å². The summed E-state index contributed by atoms with van der Waals surface area (Å²) in [6, 6.07) is 11.8. The van der Waals surface area contributed by atoms with Crippen LogP contribution >= 0.6 is 27.3 Å². The first kappa shape index (κ1) is 15.7. The smallest absolute Gasteiger partial charge is 0.259 e. The van der Waals surface area contributed by atoms with Gasteiger partial charge in [0.2, 0.25) is 0 Å². The van der Waals surface area contributed by atoms with Crippen LogP contribution in [0.15, 0.2) is 45.3 Å². The molecular formula is C15H16BrN3OS. The number of amides is 1. The molecule has 0 aliphatic carbocycles. The molecule has 21 heavy (non-hydrogen) atoms. The quantitative estimate of drug-likeness (QED) is 0.625. The Bertz CT molecular complexity index is 649. The van der Waals surface area contributed by atoms with E-state index in [2.05, 4.69) is 31.8 Å². The molecule has 0 bridgehead atoms. The summed E-state index contributed by atoms with van der Waals surface area (Å²) in [7, 11) is 0. The number of hydrogen-bond donors (Lipinski definition) is 2. The van der Waals surface area contributed by atoms with E-state index in [0.29, 0.717) is 0 Å². The minimum atomic E-state index is -0.175. The number of benzene rings is 1. The van der Waals surface area contributed by atoms with Crippen LogP contribution < -0.4 is 10.7 Å². The third kappa shape index (κ3) is 4.99. The SMILES string of the molecule is CC(=NNC(=O)CNc1ccc(C)cc1)c1ccc(Br)s1. The number of anilines is 1. The molecule has 4 nitrogen and oxygen atoms in total. The fourth-order valence-electron chi connectivity index (χ4n) is 1.60. The number of halogens is 1. The Balaban J connectivity index is 1.83. The summed E-state index contributed by atoms with van der Waals surface area (Å²) in [6.45, 7) is 4.08. The van der Waals surface area contributed by atoms with Crippen molar-refractivity contribution in [2.75, 3.05) is 11.9 Å². The van der Waals surface area contributed by atoms with Crippen molar-refractivity contribution < 1.29 is 4.79 Å². The van der Waals surface area contributed by atoms with E-state index in [1.165, 1.54) is 5.56 Å². The number of nitrogens with zero attached hydrogens (tertiary/aromatic N) is 1. The molecule has 6 heteroatoms. The van der Waals surface area contributed by atoms with Crippen LogP contribution in [-0.2, 0) is 4.79 Å². The fourth-order valence-corrected chi connectivity index (χ4v) is 2.93. The van der Waals surface area contributed by atoms with Crippen LogP contribution in [0.1, 0.15) is 17.4 Å². The summed E-state index contributed by atoms with van der Waals surface area (Å²) in [5, 5.41) is 7.15. The molecule has 0 unspecified atom stereocenters. The summed E-state index contributed by atoms with van der Waals surface area (Å²) in [6.07, 6.45) is 0. The van der Waals surface area contributed by atoms with Crippen LogP contribution in [-0.4, -0.2) is 18.2 Å². The summed E-state index contributed by atoms with van der Waals surface area (Å²) in [5.41, 5.74) is 5.44. The number of rotatable bonds is 5. The molecule has 0 saturated heterocycles. The van der Waals surface area contributed by atoms with Gasteiger partial charge in [0.1, 0.15) is 0 Å². The zero-order valence-corrected chi connectivity index (χ0v) is 14.2. The average Bonchev–Trinajstić information content (AvgIpc) is 2.91. The zero-order valence-electron chi connectivity index (χ0n) is 11.8. The normalized spacial score (nSPS) is 11.3. The van der Waals surface area contributed by atoms with Gasteiger partial charge in [0.25, 0.3) is 5.91 Å². The molecular weight excluding hydrogens is 350 g/mol. The highest BCUT2D eigenvalue weighted by atomic mass is 79.9. The monoisotopic (exact) mass is 365 g/mol. The Hall–Kier alpha value is -1.66. The van der Waals surface area contributed by atoms with Crippen molar-refractivity contribution >= 4 is 44.6 Å². The molecule has 0 aliphatic heterocycles. The van der Waals surface area contributed by atoms with Gasteiger partial charge in [0.15, 0.2) is 0 Å². The van der Waals surface area contributed by atoms with E-state index in [-0.39, 0.29) is 12.5 Å². The number of nitrogens with one attached hydrogen (secondary N) is 2. The average molecular weight is 366 g/mol. The standard InChI is InChI=1S/C15H16BrN3OS/c1-10-3-5-12(6-4-10)17-9-15(20)19-18-11(2)13-7-8-14(16)21-13/h3-8,17H,9H2,1-2H3,(H,19,20). The summed E-state index contributed by atoms with van der Waals surface area (Å²) in [5.74, 6) is -0.175. The molecule has 0 fully saturated rings. The highest BCUT2D eigenvalue weighted by Gasteiger charge is 2.03. The maximum absolute atomic E-state index is 11.7. The van der Waals surface area contributed by atoms with Crippen LogP contribution in [0.2, 0.25) is 0 Å². The number of hydrogen-bond acceptors (Lipinski definition) is 4. The molecule has 2 rings (SSSR count). The van der Waals surface area contributed by atoms with Crippen LogP contribution in [0, 0.1) is 6.92 Å². The predicted molar refractivity (Wildman–Crippen MR) is 92.0 cm³/mol. The molecule has 0 aliphatic rings. The van der Waals surface area contributed by atoms with E-state index >= 15 is 0 Å². The van der Waals surface area contributed by atoms with Crippen molar-refractivity contribution in [3.63, 3.8) is 0 Å². The highest BCUT2D eigenvalue weighted by Crippen LogP contribution is 2.22. The largest absolute Gasteiger partial charge is 0.376 e. The summed E-state index contributed by atoms with van der Waals surface area (Å²) >= 11 is 4.98. The van der Waals surface area contributed by atoms with Crippen molar-refractivity contribution in [2.24, 2.45) is 5.10 Å². The Morgan fingerprint density at radius 1 is 1.24 bits per heavy atom.